The summed E-state index contributed by atoms with van der Waals surface area (Å²) in [5, 5.41) is 0. The molecule has 1 nitrogen and oxygen atoms in total. The maximum atomic E-state index is 5.36. The summed E-state index contributed by atoms with van der Waals surface area (Å²) in [6.45, 7) is 1.78. The van der Waals surface area contributed by atoms with Gasteiger partial charge >= 0.3 is 0 Å². The fourth-order valence-electron chi connectivity index (χ4n) is 0.0976. The van der Waals surface area contributed by atoms with Crippen LogP contribution in [0.25, 0.3) is 0 Å². The SMILES string of the molecule is CN=C(C)C(Cl)Cl. The molecule has 3 heteroatoms. The fraction of sp³-hybridized carbons (Fsp3) is 0.750. The summed E-state index contributed by atoms with van der Waals surface area (Å²) in [6, 6.07) is 0. The van der Waals surface area contributed by atoms with E-state index < -0.39 is 4.84 Å². The van der Waals surface area contributed by atoms with Crippen LogP contribution < -0.4 is 0 Å². The number of nitrogens with zero attached hydrogens (tertiary/aromatic N) is 1. The van der Waals surface area contributed by atoms with E-state index in [4.69, 9.17) is 23.2 Å². The van der Waals surface area contributed by atoms with Crippen LogP contribution in [0.5, 0.6) is 0 Å². The van der Waals surface area contributed by atoms with Crippen LogP contribution >= 0.6 is 23.2 Å². The molecule has 42 valence electrons. The van der Waals surface area contributed by atoms with E-state index in [9.17, 15) is 0 Å². The molecule has 0 fully saturated rings. The first-order chi connectivity index (χ1) is 3.18. The molecule has 0 aliphatic carbocycles. The summed E-state index contributed by atoms with van der Waals surface area (Å²) in [4.78, 5) is 3.30. The molecule has 0 heterocycles. The van der Waals surface area contributed by atoms with Crippen LogP contribution in [0.2, 0.25) is 0 Å². The van der Waals surface area contributed by atoms with Crippen LogP contribution in [0.4, 0.5) is 0 Å². The van der Waals surface area contributed by atoms with Gasteiger partial charge in [0.2, 0.25) is 0 Å². The van der Waals surface area contributed by atoms with E-state index in [1.807, 2.05) is 0 Å². The first-order valence-corrected chi connectivity index (χ1v) is 2.77. The molecule has 0 amide bonds. The highest BCUT2D eigenvalue weighted by Gasteiger charge is 1.98. The Morgan fingerprint density at radius 1 is 1.57 bits per heavy atom. The third-order valence-corrected chi connectivity index (χ3v) is 1.30. The van der Waals surface area contributed by atoms with E-state index in [-0.39, 0.29) is 0 Å². The standard InChI is InChI=1S/C4H7Cl2N/c1-3(7-2)4(5)6/h4H,1-2H3. The van der Waals surface area contributed by atoms with Crippen molar-refractivity contribution in [3.05, 3.63) is 0 Å². The van der Waals surface area contributed by atoms with Crippen LogP contribution in [0.15, 0.2) is 4.99 Å². The van der Waals surface area contributed by atoms with Crippen molar-refractivity contribution in [2.45, 2.75) is 11.8 Å². The summed E-state index contributed by atoms with van der Waals surface area (Å²) in [7, 11) is 1.66. The van der Waals surface area contributed by atoms with Crippen molar-refractivity contribution in [2.24, 2.45) is 4.99 Å². The van der Waals surface area contributed by atoms with E-state index >= 15 is 0 Å². The van der Waals surface area contributed by atoms with Crippen molar-refractivity contribution in [1.82, 2.24) is 0 Å². The Morgan fingerprint density at radius 2 is 2.00 bits per heavy atom. The average molecular weight is 140 g/mol. The van der Waals surface area contributed by atoms with Crippen LogP contribution in [-0.2, 0) is 0 Å². The minimum Gasteiger partial charge on any atom is -0.295 e. The summed E-state index contributed by atoms with van der Waals surface area (Å²) >= 11 is 10.7. The van der Waals surface area contributed by atoms with Gasteiger partial charge in [-0.15, -0.1) is 0 Å². The number of alkyl halides is 2. The number of rotatable bonds is 1. The molecule has 0 radical (unpaired) electrons. The zero-order valence-electron chi connectivity index (χ0n) is 4.28. The number of halogens is 2. The zero-order valence-corrected chi connectivity index (χ0v) is 5.79. The summed E-state index contributed by atoms with van der Waals surface area (Å²) in [5.74, 6) is 0. The van der Waals surface area contributed by atoms with Crippen LogP contribution in [0.1, 0.15) is 6.92 Å². The lowest BCUT2D eigenvalue weighted by atomic mass is 10.5. The molecular weight excluding hydrogens is 133 g/mol. The van der Waals surface area contributed by atoms with Crippen molar-refractivity contribution in [1.29, 1.82) is 0 Å². The second kappa shape index (κ2) is 3.28. The molecule has 0 N–H and O–H groups in total. The highest BCUT2D eigenvalue weighted by atomic mass is 35.5. The molecule has 0 atom stereocenters. The molecule has 0 unspecified atom stereocenters. The van der Waals surface area contributed by atoms with Gasteiger partial charge in [-0.2, -0.15) is 0 Å². The van der Waals surface area contributed by atoms with Gasteiger partial charge in [-0.1, -0.05) is 23.2 Å². The molecular formula is C4H7Cl2N. The van der Waals surface area contributed by atoms with Crippen LogP contribution in [0, 0.1) is 0 Å². The molecule has 0 saturated heterocycles. The Hall–Kier alpha value is 0.250. The lowest BCUT2D eigenvalue weighted by Crippen LogP contribution is -2.00. The van der Waals surface area contributed by atoms with Gasteiger partial charge in [-0.05, 0) is 6.92 Å². The second-order valence-electron chi connectivity index (χ2n) is 1.17. The number of aliphatic imine (C=N–C) groups is 1. The Balaban J connectivity index is 3.56. The highest BCUT2D eigenvalue weighted by molar-refractivity contribution is 6.54. The largest absolute Gasteiger partial charge is 0.295 e. The molecule has 0 aliphatic heterocycles. The van der Waals surface area contributed by atoms with Gasteiger partial charge in [0.25, 0.3) is 0 Å². The Kier molecular flexibility index (Phi) is 3.39. The maximum Gasteiger partial charge on any atom is 0.144 e. The normalized spacial score (nSPS) is 13.0. The third kappa shape index (κ3) is 2.89. The Bertz CT molecular complexity index is 77.8. The van der Waals surface area contributed by atoms with Crippen molar-refractivity contribution in [2.75, 3.05) is 7.05 Å². The molecule has 0 aromatic carbocycles. The predicted molar refractivity (Wildman–Crippen MR) is 34.5 cm³/mol. The summed E-state index contributed by atoms with van der Waals surface area (Å²) < 4.78 is 0. The van der Waals surface area contributed by atoms with Gasteiger partial charge in [-0.25, -0.2) is 0 Å². The summed E-state index contributed by atoms with van der Waals surface area (Å²) in [6.07, 6.45) is 0. The first-order valence-electron chi connectivity index (χ1n) is 1.90. The average Bonchev–Trinajstić information content (AvgIpc) is 1.65. The Labute approximate surface area is 53.3 Å². The molecule has 0 aliphatic rings. The zero-order chi connectivity index (χ0) is 5.86. The number of hydrogen-bond donors (Lipinski definition) is 0. The van der Waals surface area contributed by atoms with E-state index in [0.29, 0.717) is 0 Å². The molecule has 0 spiro atoms. The topological polar surface area (TPSA) is 12.4 Å². The minimum atomic E-state index is -0.440. The Morgan fingerprint density at radius 3 is 2.00 bits per heavy atom. The minimum absolute atomic E-state index is 0.440. The molecule has 0 aromatic heterocycles. The van der Waals surface area contributed by atoms with Crippen molar-refractivity contribution in [3.8, 4) is 0 Å². The summed E-state index contributed by atoms with van der Waals surface area (Å²) in [5.41, 5.74) is 0.753. The predicted octanol–water partition coefficient (Wildman–Crippen LogP) is 1.88. The lowest BCUT2D eigenvalue weighted by Gasteiger charge is -1.93. The van der Waals surface area contributed by atoms with E-state index in [1.54, 1.807) is 14.0 Å². The van der Waals surface area contributed by atoms with Crippen molar-refractivity contribution < 1.29 is 0 Å². The van der Waals surface area contributed by atoms with Gasteiger partial charge in [0.1, 0.15) is 4.84 Å². The molecule has 0 rings (SSSR count). The fourth-order valence-corrected chi connectivity index (χ4v) is 0.293. The van der Waals surface area contributed by atoms with Gasteiger partial charge in [0.05, 0.1) is 0 Å². The molecule has 0 bridgehead atoms. The van der Waals surface area contributed by atoms with Gasteiger partial charge in [0.15, 0.2) is 0 Å². The quantitative estimate of drug-likeness (QED) is 0.389. The van der Waals surface area contributed by atoms with Crippen molar-refractivity contribution >= 4 is 28.9 Å². The molecule has 7 heavy (non-hydrogen) atoms. The van der Waals surface area contributed by atoms with Crippen LogP contribution in [0.3, 0.4) is 0 Å². The first kappa shape index (κ1) is 7.25. The highest BCUT2D eigenvalue weighted by Crippen LogP contribution is 2.02. The van der Waals surface area contributed by atoms with E-state index in [0.717, 1.165) is 5.71 Å². The maximum absolute atomic E-state index is 5.36. The number of hydrogen-bond acceptors (Lipinski definition) is 1. The van der Waals surface area contributed by atoms with Gasteiger partial charge in [0, 0.05) is 12.8 Å². The second-order valence-corrected chi connectivity index (χ2v) is 2.26. The van der Waals surface area contributed by atoms with Gasteiger partial charge in [-0.3, -0.25) is 4.99 Å². The van der Waals surface area contributed by atoms with E-state index in [1.165, 1.54) is 0 Å². The van der Waals surface area contributed by atoms with Crippen LogP contribution in [-0.4, -0.2) is 17.6 Å². The van der Waals surface area contributed by atoms with Crippen molar-refractivity contribution in [3.63, 3.8) is 0 Å². The lowest BCUT2D eigenvalue weighted by molar-refractivity contribution is 1.39. The molecule has 0 saturated carbocycles. The third-order valence-electron chi connectivity index (χ3n) is 0.669. The van der Waals surface area contributed by atoms with E-state index in [2.05, 4.69) is 4.99 Å². The smallest absolute Gasteiger partial charge is 0.144 e. The monoisotopic (exact) mass is 139 g/mol. The van der Waals surface area contributed by atoms with Gasteiger partial charge < -0.3 is 0 Å². The molecule has 0 aromatic rings.